The van der Waals surface area contributed by atoms with Crippen LogP contribution in [0.15, 0.2) is 23.4 Å². The fourth-order valence-electron chi connectivity index (χ4n) is 3.20. The summed E-state index contributed by atoms with van der Waals surface area (Å²) >= 11 is 1.33. The lowest BCUT2D eigenvalue weighted by Gasteiger charge is -2.16. The molecule has 25 heavy (non-hydrogen) atoms. The Balaban J connectivity index is 1.68. The van der Waals surface area contributed by atoms with E-state index in [1.54, 1.807) is 0 Å². The Morgan fingerprint density at radius 2 is 2.04 bits per heavy atom. The molecule has 0 aliphatic heterocycles. The third-order valence-electron chi connectivity index (χ3n) is 4.58. The normalized spacial score (nSPS) is 14.9. The van der Waals surface area contributed by atoms with Gasteiger partial charge in [-0.3, -0.25) is 4.79 Å². The molecule has 0 unspecified atom stereocenters. The van der Waals surface area contributed by atoms with Gasteiger partial charge in [-0.05, 0) is 38.8 Å². The van der Waals surface area contributed by atoms with Crippen LogP contribution >= 0.6 is 11.8 Å². The minimum absolute atomic E-state index is 0.0958. The standard InChI is InChI=1S/C18H21F2N3OS/c1-11-12(2)23(14-5-3-4-6-14)18(21-11)25-10-17(24)22-16-9-13(19)7-8-15(16)20/h7-9,14H,3-6,10H2,1-2H3,(H,22,24). The number of hydrogen-bond donors (Lipinski definition) is 1. The summed E-state index contributed by atoms with van der Waals surface area (Å²) in [5, 5.41) is 3.24. The Bertz CT molecular complexity index is 785. The van der Waals surface area contributed by atoms with E-state index in [1.165, 1.54) is 24.6 Å². The van der Waals surface area contributed by atoms with Crippen LogP contribution in [0.4, 0.5) is 14.5 Å². The molecule has 1 aromatic heterocycles. The van der Waals surface area contributed by atoms with Crippen LogP contribution in [0.3, 0.4) is 0 Å². The largest absolute Gasteiger partial charge is 0.323 e. The summed E-state index contributed by atoms with van der Waals surface area (Å²) in [6.07, 6.45) is 4.69. The quantitative estimate of drug-likeness (QED) is 0.786. The molecule has 1 N–H and O–H groups in total. The van der Waals surface area contributed by atoms with E-state index in [0.717, 1.165) is 47.6 Å². The summed E-state index contributed by atoms with van der Waals surface area (Å²) in [5.74, 6) is -1.53. The van der Waals surface area contributed by atoms with Crippen LogP contribution in [0.2, 0.25) is 0 Å². The number of aryl methyl sites for hydroxylation is 1. The molecule has 0 saturated heterocycles. The second-order valence-corrected chi connectivity index (χ2v) is 7.28. The monoisotopic (exact) mass is 365 g/mol. The molecule has 2 aromatic rings. The van der Waals surface area contributed by atoms with Crippen LogP contribution in [0.1, 0.15) is 43.1 Å². The Morgan fingerprint density at radius 3 is 2.76 bits per heavy atom. The van der Waals surface area contributed by atoms with Crippen molar-refractivity contribution in [1.82, 2.24) is 9.55 Å². The maximum atomic E-state index is 13.6. The summed E-state index contributed by atoms with van der Waals surface area (Å²) in [5.41, 5.74) is 1.95. The van der Waals surface area contributed by atoms with Gasteiger partial charge in [-0.1, -0.05) is 24.6 Å². The van der Waals surface area contributed by atoms with Gasteiger partial charge < -0.3 is 9.88 Å². The molecule has 1 aliphatic rings. The van der Waals surface area contributed by atoms with E-state index in [-0.39, 0.29) is 17.3 Å². The number of nitrogens with one attached hydrogen (secondary N) is 1. The number of carbonyl (C=O) groups excluding carboxylic acids is 1. The van der Waals surface area contributed by atoms with Crippen molar-refractivity contribution in [1.29, 1.82) is 0 Å². The van der Waals surface area contributed by atoms with Crippen molar-refractivity contribution in [2.45, 2.75) is 50.7 Å². The fraction of sp³-hybridized carbons (Fsp3) is 0.444. The summed E-state index contributed by atoms with van der Waals surface area (Å²) in [6, 6.07) is 3.43. The van der Waals surface area contributed by atoms with E-state index in [9.17, 15) is 13.6 Å². The maximum Gasteiger partial charge on any atom is 0.234 e. The van der Waals surface area contributed by atoms with Gasteiger partial charge in [0.05, 0.1) is 17.1 Å². The number of hydrogen-bond acceptors (Lipinski definition) is 3. The van der Waals surface area contributed by atoms with Crippen LogP contribution < -0.4 is 5.32 Å². The van der Waals surface area contributed by atoms with Crippen molar-refractivity contribution in [2.75, 3.05) is 11.1 Å². The van der Waals surface area contributed by atoms with Gasteiger partial charge in [0, 0.05) is 17.8 Å². The van der Waals surface area contributed by atoms with Gasteiger partial charge in [0.2, 0.25) is 5.91 Å². The van der Waals surface area contributed by atoms with Crippen molar-refractivity contribution >= 4 is 23.4 Å². The van der Waals surface area contributed by atoms with E-state index in [1.807, 2.05) is 13.8 Å². The van der Waals surface area contributed by atoms with E-state index in [2.05, 4.69) is 14.9 Å². The predicted molar refractivity (Wildman–Crippen MR) is 94.9 cm³/mol. The van der Waals surface area contributed by atoms with Crippen molar-refractivity contribution < 1.29 is 13.6 Å². The van der Waals surface area contributed by atoms with Gasteiger partial charge in [0.1, 0.15) is 11.6 Å². The van der Waals surface area contributed by atoms with Gasteiger partial charge in [-0.2, -0.15) is 0 Å². The highest BCUT2D eigenvalue weighted by Gasteiger charge is 2.23. The number of rotatable bonds is 5. The molecular formula is C18H21F2N3OS. The number of thioether (sulfide) groups is 1. The number of nitrogens with zero attached hydrogens (tertiary/aromatic N) is 2. The SMILES string of the molecule is Cc1nc(SCC(=O)Nc2cc(F)ccc2F)n(C2CCCC2)c1C. The Labute approximate surface area is 150 Å². The lowest BCUT2D eigenvalue weighted by atomic mass is 10.2. The third kappa shape index (κ3) is 4.03. The molecule has 134 valence electrons. The number of carbonyl (C=O) groups is 1. The number of aromatic nitrogens is 2. The van der Waals surface area contributed by atoms with Gasteiger partial charge >= 0.3 is 0 Å². The smallest absolute Gasteiger partial charge is 0.234 e. The topological polar surface area (TPSA) is 46.9 Å². The molecule has 1 aromatic carbocycles. The second kappa shape index (κ2) is 7.56. The van der Waals surface area contributed by atoms with Crippen LogP contribution in [0.25, 0.3) is 0 Å². The minimum Gasteiger partial charge on any atom is -0.323 e. The second-order valence-electron chi connectivity index (χ2n) is 6.33. The predicted octanol–water partition coefficient (Wildman–Crippen LogP) is 4.62. The first-order chi connectivity index (χ1) is 12.0. The summed E-state index contributed by atoms with van der Waals surface area (Å²) in [7, 11) is 0. The molecular weight excluding hydrogens is 344 g/mol. The molecule has 4 nitrogen and oxygen atoms in total. The number of anilines is 1. The lowest BCUT2D eigenvalue weighted by molar-refractivity contribution is -0.113. The molecule has 0 spiro atoms. The van der Waals surface area contributed by atoms with E-state index < -0.39 is 11.6 Å². The maximum absolute atomic E-state index is 13.6. The van der Waals surface area contributed by atoms with Crippen molar-refractivity contribution in [3.8, 4) is 0 Å². The molecule has 7 heteroatoms. The average Bonchev–Trinajstić information content (AvgIpc) is 3.18. The number of halogens is 2. The summed E-state index contributed by atoms with van der Waals surface area (Å²) < 4.78 is 29.0. The van der Waals surface area contributed by atoms with Crippen LogP contribution in [-0.2, 0) is 4.79 Å². The first-order valence-electron chi connectivity index (χ1n) is 8.39. The van der Waals surface area contributed by atoms with Gasteiger partial charge in [0.15, 0.2) is 5.16 Å². The van der Waals surface area contributed by atoms with Crippen molar-refractivity contribution in [2.24, 2.45) is 0 Å². The van der Waals surface area contributed by atoms with Crippen LogP contribution in [-0.4, -0.2) is 21.2 Å². The number of amides is 1. The Kier molecular flexibility index (Phi) is 5.42. The van der Waals surface area contributed by atoms with E-state index >= 15 is 0 Å². The molecule has 3 rings (SSSR count). The van der Waals surface area contributed by atoms with Gasteiger partial charge in [-0.25, -0.2) is 13.8 Å². The van der Waals surface area contributed by atoms with Gasteiger partial charge in [0.25, 0.3) is 0 Å². The number of imidazole rings is 1. The minimum atomic E-state index is -0.654. The first-order valence-corrected chi connectivity index (χ1v) is 9.37. The molecule has 0 bridgehead atoms. The summed E-state index contributed by atoms with van der Waals surface area (Å²) in [6.45, 7) is 4.01. The number of benzene rings is 1. The first kappa shape index (κ1) is 17.9. The highest BCUT2D eigenvalue weighted by atomic mass is 32.2. The molecule has 1 fully saturated rings. The average molecular weight is 365 g/mol. The van der Waals surface area contributed by atoms with Crippen LogP contribution in [0, 0.1) is 25.5 Å². The Morgan fingerprint density at radius 1 is 1.32 bits per heavy atom. The van der Waals surface area contributed by atoms with E-state index in [0.29, 0.717) is 6.04 Å². The molecule has 1 saturated carbocycles. The Hall–Kier alpha value is -1.89. The molecule has 0 atom stereocenters. The van der Waals surface area contributed by atoms with Crippen molar-refractivity contribution in [3.05, 3.63) is 41.2 Å². The molecule has 0 radical (unpaired) electrons. The van der Waals surface area contributed by atoms with Gasteiger partial charge in [-0.15, -0.1) is 0 Å². The zero-order valence-corrected chi connectivity index (χ0v) is 15.1. The fourth-order valence-corrected chi connectivity index (χ4v) is 4.16. The molecule has 1 heterocycles. The molecule has 1 aliphatic carbocycles. The zero-order chi connectivity index (χ0) is 18.0. The highest BCUT2D eigenvalue weighted by molar-refractivity contribution is 7.99. The highest BCUT2D eigenvalue weighted by Crippen LogP contribution is 2.35. The van der Waals surface area contributed by atoms with Crippen LogP contribution in [0.5, 0.6) is 0 Å². The third-order valence-corrected chi connectivity index (χ3v) is 5.53. The van der Waals surface area contributed by atoms with E-state index in [4.69, 9.17) is 0 Å². The molecule has 1 amide bonds. The van der Waals surface area contributed by atoms with Crippen molar-refractivity contribution in [3.63, 3.8) is 0 Å². The lowest BCUT2D eigenvalue weighted by Crippen LogP contribution is -2.16. The summed E-state index contributed by atoms with van der Waals surface area (Å²) in [4.78, 5) is 16.7. The zero-order valence-electron chi connectivity index (χ0n) is 14.3.